The van der Waals surface area contributed by atoms with Gasteiger partial charge in [0.1, 0.15) is 0 Å². The minimum absolute atomic E-state index is 0.285. The van der Waals surface area contributed by atoms with Crippen LogP contribution in [0.3, 0.4) is 0 Å². The van der Waals surface area contributed by atoms with Gasteiger partial charge in [-0.3, -0.25) is 0 Å². The number of likely N-dealkylation sites (tertiary alicyclic amines) is 1. The van der Waals surface area contributed by atoms with Crippen LogP contribution in [0.25, 0.3) is 0 Å². The van der Waals surface area contributed by atoms with Crippen LogP contribution >= 0.6 is 0 Å². The number of nitrogens with zero attached hydrogens (tertiary/aromatic N) is 1. The van der Waals surface area contributed by atoms with E-state index in [1.165, 1.54) is 86.6 Å². The fourth-order valence-electron chi connectivity index (χ4n) is 5.85. The van der Waals surface area contributed by atoms with Crippen LogP contribution in [0, 0.1) is 10.8 Å². The van der Waals surface area contributed by atoms with E-state index in [-0.39, 0.29) is 10.8 Å². The maximum Gasteiger partial charge on any atom is 0.0784 e. The number of piperidine rings is 1. The first-order valence-corrected chi connectivity index (χ1v) is 11.9. The highest BCUT2D eigenvalue weighted by Crippen LogP contribution is 2.47. The summed E-state index contributed by atoms with van der Waals surface area (Å²) >= 11 is 0. The van der Waals surface area contributed by atoms with Gasteiger partial charge in [0.15, 0.2) is 0 Å². The van der Waals surface area contributed by atoms with E-state index >= 15 is 0 Å². The number of quaternary nitrogens is 1. The average Bonchev–Trinajstić information content (AvgIpc) is 2.57. The molecular formula is C27H48N+. The van der Waals surface area contributed by atoms with Crippen LogP contribution < -0.4 is 0 Å². The van der Waals surface area contributed by atoms with Crippen LogP contribution in [0.5, 0.6) is 0 Å². The van der Waals surface area contributed by atoms with Crippen molar-refractivity contribution in [1.29, 1.82) is 0 Å². The summed E-state index contributed by atoms with van der Waals surface area (Å²) in [5.74, 6) is 0.577. The Hall–Kier alpha value is -0.820. The van der Waals surface area contributed by atoms with Crippen molar-refractivity contribution in [3.05, 3.63) is 35.4 Å². The zero-order valence-corrected chi connectivity index (χ0v) is 20.1. The van der Waals surface area contributed by atoms with Gasteiger partial charge < -0.3 is 4.48 Å². The molecule has 0 amide bonds. The lowest BCUT2D eigenvalue weighted by atomic mass is 9.63. The van der Waals surface area contributed by atoms with Crippen LogP contribution in [0.15, 0.2) is 24.3 Å². The molecule has 1 saturated heterocycles. The SMILES string of the molecule is CC(C)(C)C(c1ccc(CCCCCC[N+]2(C)CCCCC2)cc1)C(C)(C)C. The van der Waals surface area contributed by atoms with Crippen LogP contribution in [-0.4, -0.2) is 31.2 Å². The molecule has 0 N–H and O–H groups in total. The van der Waals surface area contributed by atoms with Gasteiger partial charge in [0.25, 0.3) is 0 Å². The zero-order valence-electron chi connectivity index (χ0n) is 20.1. The van der Waals surface area contributed by atoms with Crippen molar-refractivity contribution in [1.82, 2.24) is 0 Å². The molecule has 1 heteroatoms. The van der Waals surface area contributed by atoms with Gasteiger partial charge in [-0.25, -0.2) is 0 Å². The summed E-state index contributed by atoms with van der Waals surface area (Å²) in [5.41, 5.74) is 3.59. The highest BCUT2D eigenvalue weighted by molar-refractivity contribution is 5.28. The molecule has 160 valence electrons. The first-order chi connectivity index (χ1) is 13.0. The molecule has 1 heterocycles. The minimum Gasteiger partial charge on any atom is -0.326 e. The van der Waals surface area contributed by atoms with Crippen LogP contribution in [0.2, 0.25) is 0 Å². The fourth-order valence-corrected chi connectivity index (χ4v) is 5.85. The second-order valence-electron chi connectivity index (χ2n) is 11.9. The maximum atomic E-state index is 2.48. The smallest absolute Gasteiger partial charge is 0.0784 e. The Morgan fingerprint density at radius 2 is 1.29 bits per heavy atom. The average molecular weight is 387 g/mol. The Kier molecular flexibility index (Phi) is 8.20. The van der Waals surface area contributed by atoms with E-state index in [1.54, 1.807) is 0 Å². The Balaban J connectivity index is 1.75. The molecule has 1 aliphatic heterocycles. The van der Waals surface area contributed by atoms with Crippen molar-refractivity contribution in [3.63, 3.8) is 0 Å². The fraction of sp³-hybridized carbons (Fsp3) is 0.778. The quantitative estimate of drug-likeness (QED) is 0.319. The summed E-state index contributed by atoms with van der Waals surface area (Å²) in [4.78, 5) is 0. The molecule has 1 aromatic rings. The second kappa shape index (κ2) is 9.79. The maximum absolute atomic E-state index is 2.48. The van der Waals surface area contributed by atoms with Crippen LogP contribution in [0.1, 0.15) is 104 Å². The van der Waals surface area contributed by atoms with Gasteiger partial charge in [0.2, 0.25) is 0 Å². The Labute approximate surface area is 176 Å². The van der Waals surface area contributed by atoms with Crippen molar-refractivity contribution in [3.8, 4) is 0 Å². The van der Waals surface area contributed by atoms with Gasteiger partial charge in [-0.2, -0.15) is 0 Å². The zero-order chi connectivity index (χ0) is 20.8. The lowest BCUT2D eigenvalue weighted by Gasteiger charge is -2.41. The van der Waals surface area contributed by atoms with E-state index in [0.29, 0.717) is 5.92 Å². The van der Waals surface area contributed by atoms with Gasteiger partial charge in [-0.05, 0) is 72.8 Å². The third-order valence-corrected chi connectivity index (χ3v) is 6.85. The molecule has 1 nitrogen and oxygen atoms in total. The first-order valence-electron chi connectivity index (χ1n) is 11.9. The van der Waals surface area contributed by atoms with Gasteiger partial charge in [0.05, 0.1) is 26.7 Å². The van der Waals surface area contributed by atoms with Gasteiger partial charge in [-0.15, -0.1) is 0 Å². The third kappa shape index (κ3) is 7.21. The van der Waals surface area contributed by atoms with Crippen LogP contribution in [-0.2, 0) is 6.42 Å². The number of aryl methyl sites for hydroxylation is 1. The Morgan fingerprint density at radius 3 is 1.82 bits per heavy atom. The van der Waals surface area contributed by atoms with E-state index in [2.05, 4.69) is 72.9 Å². The van der Waals surface area contributed by atoms with E-state index in [1.807, 2.05) is 0 Å². The standard InChI is InChI=1S/C27H48N/c1-26(2,3)25(27(4,5)6)24-18-16-23(17-19-24)15-11-8-9-12-20-28(7)21-13-10-14-22-28/h16-19,25H,8-15,20-22H2,1-7H3/q+1. The van der Waals surface area contributed by atoms with Crippen molar-refractivity contribution in [2.24, 2.45) is 10.8 Å². The van der Waals surface area contributed by atoms with Gasteiger partial charge in [-0.1, -0.05) is 72.2 Å². The first kappa shape index (κ1) is 23.5. The summed E-state index contributed by atoms with van der Waals surface area (Å²) in [6.45, 7) is 18.5. The van der Waals surface area contributed by atoms with Gasteiger partial charge in [0, 0.05) is 0 Å². The molecule has 0 aromatic heterocycles. The predicted octanol–water partition coefficient (Wildman–Crippen LogP) is 7.60. The third-order valence-electron chi connectivity index (χ3n) is 6.85. The molecule has 0 unspecified atom stereocenters. The molecule has 1 aliphatic rings. The Bertz CT molecular complexity index is 550. The molecule has 0 atom stereocenters. The summed E-state index contributed by atoms with van der Waals surface area (Å²) in [5, 5.41) is 0. The number of rotatable bonds is 8. The molecule has 1 fully saturated rings. The van der Waals surface area contributed by atoms with E-state index in [9.17, 15) is 0 Å². The van der Waals surface area contributed by atoms with Crippen molar-refractivity contribution in [2.75, 3.05) is 26.7 Å². The Morgan fingerprint density at radius 1 is 0.750 bits per heavy atom. The molecule has 0 aliphatic carbocycles. The lowest BCUT2D eigenvalue weighted by molar-refractivity contribution is -0.914. The van der Waals surface area contributed by atoms with Crippen molar-refractivity contribution >= 4 is 0 Å². The minimum atomic E-state index is 0.285. The highest BCUT2D eigenvalue weighted by atomic mass is 15.3. The van der Waals surface area contributed by atoms with Crippen molar-refractivity contribution < 1.29 is 4.48 Å². The second-order valence-corrected chi connectivity index (χ2v) is 11.9. The normalized spacial score (nSPS) is 17.9. The number of hydrogen-bond donors (Lipinski definition) is 0. The monoisotopic (exact) mass is 386 g/mol. The van der Waals surface area contributed by atoms with Gasteiger partial charge >= 0.3 is 0 Å². The number of hydrogen-bond acceptors (Lipinski definition) is 0. The lowest BCUT2D eigenvalue weighted by Crippen LogP contribution is -2.48. The van der Waals surface area contributed by atoms with E-state index in [0.717, 1.165) is 0 Å². The highest BCUT2D eigenvalue weighted by Gasteiger charge is 2.35. The largest absolute Gasteiger partial charge is 0.326 e. The topological polar surface area (TPSA) is 0 Å². The summed E-state index contributed by atoms with van der Waals surface area (Å²) < 4.78 is 1.34. The molecule has 0 radical (unpaired) electrons. The molecule has 0 spiro atoms. The molecule has 0 saturated carbocycles. The summed E-state index contributed by atoms with van der Waals surface area (Å²) in [6, 6.07) is 9.58. The number of unbranched alkanes of at least 4 members (excludes halogenated alkanes) is 3. The van der Waals surface area contributed by atoms with Crippen LogP contribution in [0.4, 0.5) is 0 Å². The molecule has 28 heavy (non-hydrogen) atoms. The van der Waals surface area contributed by atoms with E-state index < -0.39 is 0 Å². The summed E-state index contributed by atoms with van der Waals surface area (Å²) in [7, 11) is 2.48. The predicted molar refractivity (Wildman–Crippen MR) is 125 cm³/mol. The molecular weight excluding hydrogens is 338 g/mol. The molecule has 1 aromatic carbocycles. The molecule has 0 bridgehead atoms. The summed E-state index contributed by atoms with van der Waals surface area (Å²) in [6.07, 6.45) is 11.1. The van der Waals surface area contributed by atoms with Crippen molar-refractivity contribution in [2.45, 2.75) is 98.8 Å². The molecule has 2 rings (SSSR count). The number of benzene rings is 1. The van der Waals surface area contributed by atoms with E-state index in [4.69, 9.17) is 0 Å².